The van der Waals surface area contributed by atoms with Gasteiger partial charge in [-0.15, -0.1) is 10.2 Å². The van der Waals surface area contributed by atoms with E-state index in [0.717, 1.165) is 30.3 Å². The summed E-state index contributed by atoms with van der Waals surface area (Å²) in [5.41, 5.74) is -2.33. The molecule has 0 saturated carbocycles. The van der Waals surface area contributed by atoms with E-state index in [2.05, 4.69) is 40.0 Å². The van der Waals surface area contributed by atoms with Crippen molar-refractivity contribution in [2.24, 2.45) is 10.2 Å². The molecule has 0 aliphatic carbocycles. The Hall–Kier alpha value is -1.01. The number of halogens is 1. The van der Waals surface area contributed by atoms with Gasteiger partial charge in [-0.1, -0.05) is 17.9 Å². The molecule has 23 nitrogen and oxygen atoms in total. The molecule has 0 aliphatic rings. The van der Waals surface area contributed by atoms with E-state index in [1.54, 1.807) is 0 Å². The molecular formula is C27H18ClN7Na4O16S5. The van der Waals surface area contributed by atoms with Crippen LogP contribution >= 0.6 is 11.6 Å². The van der Waals surface area contributed by atoms with Crippen LogP contribution in [0.2, 0.25) is 5.28 Å². The minimum absolute atomic E-state index is 0. The molecule has 0 bridgehead atoms. The van der Waals surface area contributed by atoms with Crippen molar-refractivity contribution in [2.75, 3.05) is 23.0 Å². The summed E-state index contributed by atoms with van der Waals surface area (Å²) < 4.78 is 167. The molecule has 4 aromatic carbocycles. The second-order valence-corrected chi connectivity index (χ2v) is 18.4. The summed E-state index contributed by atoms with van der Waals surface area (Å²) in [6.07, 6.45) is 0. The topological polar surface area (TPSA) is 380 Å². The van der Waals surface area contributed by atoms with Crippen LogP contribution in [0.5, 0.6) is 5.75 Å². The monoisotopic (exact) mass is 983 g/mol. The third-order valence-electron chi connectivity index (χ3n) is 6.96. The van der Waals surface area contributed by atoms with Crippen LogP contribution in [-0.4, -0.2) is 87.6 Å². The zero-order valence-corrected chi connectivity index (χ0v) is 43.8. The van der Waals surface area contributed by atoms with Crippen molar-refractivity contribution in [1.29, 1.82) is 0 Å². The van der Waals surface area contributed by atoms with E-state index >= 15 is 0 Å². The summed E-state index contributed by atoms with van der Waals surface area (Å²) in [5.74, 6) is -3.15. The van der Waals surface area contributed by atoms with Crippen LogP contribution in [0.25, 0.3) is 10.8 Å². The van der Waals surface area contributed by atoms with Gasteiger partial charge < -0.3 is 29.4 Å². The zero-order chi connectivity index (χ0) is 41.4. The molecular weight excluding hydrogens is 966 g/mol. The van der Waals surface area contributed by atoms with Crippen LogP contribution in [-0.2, 0) is 54.8 Å². The van der Waals surface area contributed by atoms with Gasteiger partial charge in [0.25, 0.3) is 0 Å². The van der Waals surface area contributed by atoms with Gasteiger partial charge in [-0.05, 0) is 77.0 Å². The summed E-state index contributed by atoms with van der Waals surface area (Å²) in [6, 6.07) is 10.6. The largest absolute Gasteiger partial charge is 1.00 e. The molecule has 0 spiro atoms. The van der Waals surface area contributed by atoms with E-state index in [4.69, 9.17) is 16.2 Å². The van der Waals surface area contributed by atoms with Crippen molar-refractivity contribution < 1.29 is 188 Å². The zero-order valence-electron chi connectivity index (χ0n) is 31.0. The van der Waals surface area contributed by atoms with E-state index in [1.165, 1.54) is 18.2 Å². The molecule has 0 atom stereocenters. The first-order valence-corrected chi connectivity index (χ1v) is 22.0. The van der Waals surface area contributed by atoms with E-state index in [0.29, 0.717) is 18.2 Å². The number of hydrogen-bond donors (Lipinski definition) is 3. The molecule has 0 unspecified atom stereocenters. The molecule has 298 valence electrons. The van der Waals surface area contributed by atoms with Crippen LogP contribution < -0.4 is 134 Å². The number of azo groups is 1. The summed E-state index contributed by atoms with van der Waals surface area (Å²) in [4.78, 5) is 8.08. The van der Waals surface area contributed by atoms with Crippen LogP contribution in [0, 0.1) is 0 Å². The number of nitrogens with zero attached hydrogens (tertiary/aromatic N) is 5. The Morgan fingerprint density at radius 3 is 1.80 bits per heavy atom. The number of rotatable bonds is 14. The van der Waals surface area contributed by atoms with E-state index in [9.17, 15) is 60.9 Å². The van der Waals surface area contributed by atoms with Crippen LogP contribution in [0.1, 0.15) is 0 Å². The van der Waals surface area contributed by atoms with Crippen LogP contribution in [0.4, 0.5) is 34.6 Å². The molecule has 1 aromatic heterocycles. The van der Waals surface area contributed by atoms with Crippen molar-refractivity contribution in [3.8, 4) is 5.75 Å². The predicted molar refractivity (Wildman–Crippen MR) is 185 cm³/mol. The summed E-state index contributed by atoms with van der Waals surface area (Å²) in [5, 5.41) is 24.2. The molecule has 0 aliphatic heterocycles. The number of fused-ring (bicyclic) bond motifs is 1. The van der Waals surface area contributed by atoms with E-state index in [1.807, 2.05) is 0 Å². The maximum Gasteiger partial charge on any atom is 1.00 e. The molecule has 33 heteroatoms. The SMILES string of the molecule is O=S(=O)(O)OCCS(=O)(=O)c1ccc(Nc2nc(Cl)nc(Nc3cc(S(=O)(=O)[O-])cc4cc(S(=O)(=O)[O-])c(N=Nc5ccccc5S(=O)(=O)[O-])c([O-])c34)n2)cc1.[Na+].[Na+].[Na+].[Na+]. The molecule has 0 saturated heterocycles. The summed E-state index contributed by atoms with van der Waals surface area (Å²) in [7, 11) is -25.1. The van der Waals surface area contributed by atoms with Crippen molar-refractivity contribution in [3.05, 3.63) is 72.0 Å². The minimum atomic E-state index is -5.63. The standard InChI is InChI=1S/C27H22ClN7O16S5.4Na/c28-25-31-26(29-15-5-7-16(8-6-15)52(37,38)10-9-51-56(48,49)50)33-27(32-25)30-19-13-17(53(39,40)41)11-14-12-21(55(45,46)47)23(24(36)22(14)19)35-34-18-3-1-2-4-20(18)54(42,43)44;;;;/h1-8,11-13,36H,9-10H2,(H,39,40,41)(H,42,43,44)(H,45,46,47)(H,48,49,50)(H2,29,30,31,32,33);;;;/q;4*+1/p-4. The molecule has 0 radical (unpaired) electrons. The first kappa shape index (κ1) is 57.0. The molecule has 5 aromatic rings. The second kappa shape index (κ2) is 22.3. The van der Waals surface area contributed by atoms with Crippen molar-refractivity contribution in [1.82, 2.24) is 15.0 Å². The molecule has 1 heterocycles. The van der Waals surface area contributed by atoms with Gasteiger partial charge in [0.2, 0.25) is 17.2 Å². The van der Waals surface area contributed by atoms with E-state index in [-0.39, 0.29) is 135 Å². The van der Waals surface area contributed by atoms with Crippen molar-refractivity contribution >= 4 is 108 Å². The minimum Gasteiger partial charge on any atom is -0.870 e. The number of benzene rings is 4. The van der Waals surface area contributed by atoms with Crippen molar-refractivity contribution in [3.63, 3.8) is 0 Å². The van der Waals surface area contributed by atoms with Gasteiger partial charge in [0.05, 0.1) is 37.6 Å². The van der Waals surface area contributed by atoms with Gasteiger partial charge in [0, 0.05) is 11.4 Å². The molecule has 3 N–H and O–H groups in total. The van der Waals surface area contributed by atoms with Crippen LogP contribution in [0.15, 0.2) is 96.5 Å². The molecule has 0 amide bonds. The Balaban J connectivity index is 0.00000450. The maximum atomic E-state index is 13.9. The number of anilines is 4. The van der Waals surface area contributed by atoms with Gasteiger partial charge in [-0.2, -0.15) is 23.4 Å². The second-order valence-electron chi connectivity index (χ2n) is 10.7. The van der Waals surface area contributed by atoms with Gasteiger partial charge in [0.15, 0.2) is 9.84 Å². The first-order valence-electron chi connectivity index (χ1n) is 14.4. The molecule has 5 rings (SSSR count). The number of aromatic nitrogens is 3. The Bertz CT molecular complexity index is 3010. The van der Waals surface area contributed by atoms with Gasteiger partial charge in [0.1, 0.15) is 36.0 Å². The van der Waals surface area contributed by atoms with Gasteiger partial charge in [-0.3, -0.25) is 4.55 Å². The fourth-order valence-corrected chi connectivity index (χ4v) is 8.09. The van der Waals surface area contributed by atoms with Crippen LogP contribution in [0.3, 0.4) is 0 Å². The first-order chi connectivity index (χ1) is 25.8. The third-order valence-corrected chi connectivity index (χ3v) is 11.8. The fourth-order valence-electron chi connectivity index (χ4n) is 4.65. The van der Waals surface area contributed by atoms with Crippen molar-refractivity contribution in [2.45, 2.75) is 19.6 Å². The number of hydrogen-bond acceptors (Lipinski definition) is 22. The summed E-state index contributed by atoms with van der Waals surface area (Å²) in [6.45, 7) is -0.874. The summed E-state index contributed by atoms with van der Waals surface area (Å²) >= 11 is 6.05. The smallest absolute Gasteiger partial charge is 0.870 e. The quantitative estimate of drug-likeness (QED) is 0.0528. The van der Waals surface area contributed by atoms with Gasteiger partial charge >= 0.3 is 129 Å². The molecule has 0 fully saturated rings. The Kier molecular flexibility index (Phi) is 21.1. The Morgan fingerprint density at radius 2 is 1.25 bits per heavy atom. The average Bonchev–Trinajstić information content (AvgIpc) is 3.05. The fraction of sp³-hybridized carbons (Fsp3) is 0.0741. The normalized spacial score (nSPS) is 12.1. The van der Waals surface area contributed by atoms with Gasteiger partial charge in [-0.25, -0.2) is 37.9 Å². The number of nitrogens with one attached hydrogen (secondary N) is 2. The maximum absolute atomic E-state index is 13.9. The third kappa shape index (κ3) is 15.0. The number of sulfone groups is 1. The Labute approximate surface area is 434 Å². The van der Waals surface area contributed by atoms with E-state index < -0.39 is 122 Å². The Morgan fingerprint density at radius 1 is 0.683 bits per heavy atom. The predicted octanol–water partition coefficient (Wildman–Crippen LogP) is -10.0. The molecule has 60 heavy (non-hydrogen) atoms. The average molecular weight is 984 g/mol.